The summed E-state index contributed by atoms with van der Waals surface area (Å²) < 4.78 is 11.4. The van der Waals surface area contributed by atoms with Crippen LogP contribution in [0.5, 0.6) is 0 Å². The van der Waals surface area contributed by atoms with Crippen molar-refractivity contribution in [3.63, 3.8) is 0 Å². The summed E-state index contributed by atoms with van der Waals surface area (Å²) in [7, 11) is 0. The highest BCUT2D eigenvalue weighted by molar-refractivity contribution is 9.09. The molecule has 1 heterocycles. The molecule has 2 nitrogen and oxygen atoms in total. The van der Waals surface area contributed by atoms with E-state index in [1.54, 1.807) is 0 Å². The molecule has 2 rings (SSSR count). The lowest BCUT2D eigenvalue weighted by Gasteiger charge is -2.24. The average molecular weight is 313 g/mol. The summed E-state index contributed by atoms with van der Waals surface area (Å²) in [5.74, 6) is 0.658. The molecule has 0 spiro atoms. The van der Waals surface area contributed by atoms with Gasteiger partial charge in [-0.15, -0.1) is 0 Å². The van der Waals surface area contributed by atoms with Crippen LogP contribution in [0, 0.1) is 12.8 Å². The second-order valence-corrected chi connectivity index (χ2v) is 5.59. The Balaban J connectivity index is 1.86. The normalized spacial score (nSPS) is 18.8. The van der Waals surface area contributed by atoms with Crippen molar-refractivity contribution in [2.75, 3.05) is 25.2 Å². The zero-order chi connectivity index (χ0) is 12.8. The fourth-order valence-corrected chi connectivity index (χ4v) is 2.74. The molecule has 1 saturated heterocycles. The van der Waals surface area contributed by atoms with E-state index in [-0.39, 0.29) is 6.10 Å². The third-order valence-electron chi connectivity index (χ3n) is 3.46. The lowest BCUT2D eigenvalue weighted by Crippen LogP contribution is -2.21. The summed E-state index contributed by atoms with van der Waals surface area (Å²) in [6.45, 7) is 4.72. The van der Waals surface area contributed by atoms with E-state index in [9.17, 15) is 0 Å². The zero-order valence-corrected chi connectivity index (χ0v) is 12.5. The second-order valence-electron chi connectivity index (χ2n) is 4.94. The number of hydrogen-bond donors (Lipinski definition) is 0. The number of benzene rings is 1. The van der Waals surface area contributed by atoms with E-state index in [0.29, 0.717) is 5.92 Å². The minimum Gasteiger partial charge on any atom is -0.381 e. The van der Waals surface area contributed by atoms with Crippen LogP contribution >= 0.6 is 15.9 Å². The van der Waals surface area contributed by atoms with Gasteiger partial charge in [0, 0.05) is 18.5 Å². The third-order valence-corrected chi connectivity index (χ3v) is 4.05. The molecular weight excluding hydrogens is 292 g/mol. The lowest BCUT2D eigenvalue weighted by molar-refractivity contribution is -0.00374. The minimum absolute atomic E-state index is 0.161. The van der Waals surface area contributed by atoms with Crippen LogP contribution in [-0.2, 0) is 9.47 Å². The largest absolute Gasteiger partial charge is 0.381 e. The van der Waals surface area contributed by atoms with Crippen LogP contribution in [0.15, 0.2) is 24.3 Å². The number of alkyl halides is 1. The first kappa shape index (κ1) is 14.0. The molecule has 0 amide bonds. The maximum atomic E-state index is 6.05. The minimum atomic E-state index is 0.161. The van der Waals surface area contributed by atoms with Gasteiger partial charge in [0.1, 0.15) is 0 Å². The number of hydrogen-bond acceptors (Lipinski definition) is 2. The van der Waals surface area contributed by atoms with Gasteiger partial charge in [0.15, 0.2) is 0 Å². The first-order valence-corrected chi connectivity index (χ1v) is 7.73. The van der Waals surface area contributed by atoms with Gasteiger partial charge in [-0.1, -0.05) is 45.8 Å². The van der Waals surface area contributed by atoms with E-state index in [2.05, 4.69) is 47.1 Å². The Labute approximate surface area is 118 Å². The van der Waals surface area contributed by atoms with Crippen molar-refractivity contribution in [3.05, 3.63) is 35.4 Å². The van der Waals surface area contributed by atoms with Crippen LogP contribution in [0.25, 0.3) is 0 Å². The predicted octanol–water partition coefficient (Wildman–Crippen LogP) is 3.87. The number of aryl methyl sites for hydroxylation is 1. The Kier molecular flexibility index (Phi) is 5.67. The molecule has 0 radical (unpaired) electrons. The van der Waals surface area contributed by atoms with E-state index in [1.165, 1.54) is 11.1 Å². The molecule has 1 unspecified atom stereocenters. The summed E-state index contributed by atoms with van der Waals surface area (Å²) in [6.07, 6.45) is 2.42. The van der Waals surface area contributed by atoms with Crippen LogP contribution in [-0.4, -0.2) is 25.2 Å². The molecule has 1 aromatic rings. The molecule has 1 aliphatic rings. The van der Waals surface area contributed by atoms with E-state index < -0.39 is 0 Å². The van der Waals surface area contributed by atoms with Gasteiger partial charge in [0.2, 0.25) is 0 Å². The Bertz CT molecular complexity index is 344. The molecule has 0 N–H and O–H groups in total. The van der Waals surface area contributed by atoms with Gasteiger partial charge in [-0.25, -0.2) is 0 Å². The van der Waals surface area contributed by atoms with Gasteiger partial charge >= 0.3 is 0 Å². The molecule has 0 aliphatic carbocycles. The van der Waals surface area contributed by atoms with E-state index in [4.69, 9.17) is 9.47 Å². The highest BCUT2D eigenvalue weighted by Crippen LogP contribution is 2.23. The Morgan fingerprint density at radius 1 is 1.28 bits per heavy atom. The van der Waals surface area contributed by atoms with E-state index in [1.807, 2.05) is 0 Å². The van der Waals surface area contributed by atoms with E-state index in [0.717, 1.165) is 38.0 Å². The summed E-state index contributed by atoms with van der Waals surface area (Å²) in [6, 6.07) is 8.60. The number of halogens is 1. The highest BCUT2D eigenvalue weighted by atomic mass is 79.9. The van der Waals surface area contributed by atoms with Gasteiger partial charge in [-0.05, 0) is 31.2 Å². The fourth-order valence-electron chi connectivity index (χ4n) is 2.18. The van der Waals surface area contributed by atoms with Crippen molar-refractivity contribution in [1.29, 1.82) is 0 Å². The van der Waals surface area contributed by atoms with Gasteiger partial charge in [0.05, 0.1) is 12.7 Å². The molecule has 100 valence electrons. The molecule has 18 heavy (non-hydrogen) atoms. The maximum Gasteiger partial charge on any atom is 0.0921 e. The first-order chi connectivity index (χ1) is 8.79. The molecule has 1 atom stereocenters. The standard InChI is InChI=1S/C15H21BrO2/c1-12-2-4-14(5-3-12)15(10-16)18-11-13-6-8-17-9-7-13/h2-5,13,15H,6-11H2,1H3. The van der Waals surface area contributed by atoms with Crippen molar-refractivity contribution in [2.24, 2.45) is 5.92 Å². The molecule has 0 bridgehead atoms. The summed E-state index contributed by atoms with van der Waals surface area (Å²) in [4.78, 5) is 0. The van der Waals surface area contributed by atoms with Crippen molar-refractivity contribution in [1.82, 2.24) is 0 Å². The van der Waals surface area contributed by atoms with Gasteiger partial charge in [-0.2, -0.15) is 0 Å². The summed E-state index contributed by atoms with van der Waals surface area (Å²) in [5.41, 5.74) is 2.54. The first-order valence-electron chi connectivity index (χ1n) is 6.61. The predicted molar refractivity (Wildman–Crippen MR) is 77.2 cm³/mol. The average Bonchev–Trinajstić information content (AvgIpc) is 2.42. The smallest absolute Gasteiger partial charge is 0.0921 e. The van der Waals surface area contributed by atoms with Crippen molar-refractivity contribution >= 4 is 15.9 Å². The molecular formula is C15H21BrO2. The van der Waals surface area contributed by atoms with E-state index >= 15 is 0 Å². The highest BCUT2D eigenvalue weighted by Gasteiger charge is 2.17. The number of rotatable bonds is 5. The second kappa shape index (κ2) is 7.27. The van der Waals surface area contributed by atoms with Crippen LogP contribution in [0.1, 0.15) is 30.1 Å². The SMILES string of the molecule is Cc1ccc(C(CBr)OCC2CCOCC2)cc1. The van der Waals surface area contributed by atoms with Gasteiger partial charge < -0.3 is 9.47 Å². The quantitative estimate of drug-likeness (QED) is 0.768. The summed E-state index contributed by atoms with van der Waals surface area (Å²) >= 11 is 3.55. The van der Waals surface area contributed by atoms with Crippen LogP contribution in [0.4, 0.5) is 0 Å². The summed E-state index contributed by atoms with van der Waals surface area (Å²) in [5, 5.41) is 0.847. The lowest BCUT2D eigenvalue weighted by atomic mass is 10.0. The van der Waals surface area contributed by atoms with Crippen molar-refractivity contribution in [2.45, 2.75) is 25.9 Å². The topological polar surface area (TPSA) is 18.5 Å². The Hall–Kier alpha value is -0.380. The Morgan fingerprint density at radius 3 is 2.56 bits per heavy atom. The van der Waals surface area contributed by atoms with Crippen molar-refractivity contribution < 1.29 is 9.47 Å². The third kappa shape index (κ3) is 4.08. The monoisotopic (exact) mass is 312 g/mol. The van der Waals surface area contributed by atoms with Crippen LogP contribution in [0.2, 0.25) is 0 Å². The van der Waals surface area contributed by atoms with Crippen LogP contribution in [0.3, 0.4) is 0 Å². The van der Waals surface area contributed by atoms with Crippen LogP contribution < -0.4 is 0 Å². The molecule has 1 aliphatic heterocycles. The zero-order valence-electron chi connectivity index (χ0n) is 10.9. The molecule has 0 aromatic heterocycles. The molecule has 1 aromatic carbocycles. The fraction of sp³-hybridized carbons (Fsp3) is 0.600. The maximum absolute atomic E-state index is 6.05. The molecule has 3 heteroatoms. The van der Waals surface area contributed by atoms with Gasteiger partial charge in [-0.3, -0.25) is 0 Å². The molecule has 1 fully saturated rings. The molecule has 0 saturated carbocycles. The van der Waals surface area contributed by atoms with Gasteiger partial charge in [0.25, 0.3) is 0 Å². The Morgan fingerprint density at radius 2 is 1.94 bits per heavy atom. The van der Waals surface area contributed by atoms with Crippen molar-refractivity contribution in [3.8, 4) is 0 Å². The number of ether oxygens (including phenoxy) is 2.